The van der Waals surface area contributed by atoms with E-state index in [2.05, 4.69) is 54.4 Å². The Morgan fingerprint density at radius 2 is 1.81 bits per heavy atom. The summed E-state index contributed by atoms with van der Waals surface area (Å²) in [5.74, 6) is -0.0395. The number of carbonyl (C=O) groups is 1. The molecule has 2 aliphatic rings. The smallest absolute Gasteiger partial charge is 0.262 e. The molecular formula is C27H33N3O2. The third kappa shape index (κ3) is 4.97. The van der Waals surface area contributed by atoms with E-state index < -0.39 is 0 Å². The number of carbonyl (C=O) groups excluding carboxylic acids is 1. The van der Waals surface area contributed by atoms with Crippen molar-refractivity contribution >= 4 is 28.4 Å². The molecule has 5 heteroatoms. The number of nitriles is 1. The second-order valence-electron chi connectivity index (χ2n) is 9.37. The lowest BCUT2D eigenvalue weighted by atomic mass is 9.89. The number of hydrogen-bond donors (Lipinski definition) is 1. The van der Waals surface area contributed by atoms with Crippen LogP contribution >= 0.6 is 0 Å². The molecule has 1 amide bonds. The van der Waals surface area contributed by atoms with Crippen LogP contribution in [0.5, 0.6) is 0 Å². The quantitative estimate of drug-likeness (QED) is 0.543. The van der Waals surface area contributed by atoms with Crippen LogP contribution < -0.4 is 10.2 Å². The maximum atomic E-state index is 12.8. The highest BCUT2D eigenvalue weighted by atomic mass is 16.5. The second-order valence-corrected chi connectivity index (χ2v) is 9.37. The van der Waals surface area contributed by atoms with Gasteiger partial charge in [-0.15, -0.1) is 0 Å². The lowest BCUT2D eigenvalue weighted by Gasteiger charge is -2.38. The Kier molecular flexibility index (Phi) is 6.81. The van der Waals surface area contributed by atoms with Gasteiger partial charge in [-0.3, -0.25) is 4.79 Å². The van der Waals surface area contributed by atoms with Gasteiger partial charge in [0.1, 0.15) is 11.6 Å². The molecule has 32 heavy (non-hydrogen) atoms. The van der Waals surface area contributed by atoms with Crippen LogP contribution in [0.1, 0.15) is 52.0 Å². The summed E-state index contributed by atoms with van der Waals surface area (Å²) < 4.78 is 5.88. The summed E-state index contributed by atoms with van der Waals surface area (Å²) in [4.78, 5) is 15.3. The highest BCUT2D eigenvalue weighted by Crippen LogP contribution is 2.27. The van der Waals surface area contributed by atoms with Crippen molar-refractivity contribution in [3.05, 3.63) is 47.5 Å². The third-order valence-corrected chi connectivity index (χ3v) is 6.81. The summed E-state index contributed by atoms with van der Waals surface area (Å²) in [6.45, 7) is 8.40. The zero-order valence-corrected chi connectivity index (χ0v) is 19.3. The predicted molar refractivity (Wildman–Crippen MR) is 129 cm³/mol. The minimum atomic E-state index is -0.338. The largest absolute Gasteiger partial charge is 0.373 e. The molecule has 5 nitrogen and oxygen atoms in total. The van der Waals surface area contributed by atoms with Crippen LogP contribution in [-0.4, -0.2) is 37.2 Å². The summed E-state index contributed by atoms with van der Waals surface area (Å²) in [7, 11) is 0. The van der Waals surface area contributed by atoms with Crippen LogP contribution in [0.3, 0.4) is 0 Å². The molecule has 4 atom stereocenters. The zero-order valence-electron chi connectivity index (χ0n) is 19.3. The van der Waals surface area contributed by atoms with Gasteiger partial charge in [-0.25, -0.2) is 0 Å². The van der Waals surface area contributed by atoms with E-state index in [1.165, 1.54) is 30.3 Å². The van der Waals surface area contributed by atoms with Gasteiger partial charge in [-0.1, -0.05) is 25.1 Å². The van der Waals surface area contributed by atoms with Crippen LogP contribution in [0.15, 0.2) is 42.0 Å². The number of fused-ring (bicyclic) bond motifs is 1. The van der Waals surface area contributed by atoms with Crippen molar-refractivity contribution in [2.45, 2.75) is 64.7 Å². The standard InChI is InChI=1S/C27H33N3O2/c1-18-13-19(2)32-20(3)26(18)29-27(31)24(17-28)15-21-7-8-23-16-25(10-9-22(23)14-21)30-11-5-4-6-12-30/h7-10,14-16,18-20,26H,4-6,11-13H2,1-3H3,(H,29,31)/b24-15+. The van der Waals surface area contributed by atoms with E-state index in [1.807, 2.05) is 19.1 Å². The van der Waals surface area contributed by atoms with Gasteiger partial charge in [-0.2, -0.15) is 5.26 Å². The number of ether oxygens (including phenoxy) is 1. The van der Waals surface area contributed by atoms with E-state index >= 15 is 0 Å². The van der Waals surface area contributed by atoms with E-state index in [-0.39, 0.29) is 29.7 Å². The summed E-state index contributed by atoms with van der Waals surface area (Å²) in [6, 6.07) is 14.6. The lowest BCUT2D eigenvalue weighted by molar-refractivity contribution is -0.123. The Labute approximate surface area is 191 Å². The van der Waals surface area contributed by atoms with E-state index in [0.717, 1.165) is 30.5 Å². The fourth-order valence-electron chi connectivity index (χ4n) is 5.13. The molecule has 0 aromatic heterocycles. The molecule has 2 saturated heterocycles. The fourth-order valence-corrected chi connectivity index (χ4v) is 5.13. The van der Waals surface area contributed by atoms with Gasteiger partial charge in [-0.05, 0) is 86.1 Å². The molecule has 0 saturated carbocycles. The number of nitrogens with zero attached hydrogens (tertiary/aromatic N) is 2. The number of piperidine rings is 1. The number of amides is 1. The Balaban J connectivity index is 1.51. The molecule has 4 unspecified atom stereocenters. The number of nitrogens with one attached hydrogen (secondary N) is 1. The van der Waals surface area contributed by atoms with Crippen molar-refractivity contribution in [2.75, 3.05) is 18.0 Å². The molecule has 2 aromatic carbocycles. The van der Waals surface area contributed by atoms with E-state index in [9.17, 15) is 10.1 Å². The van der Waals surface area contributed by atoms with Crippen molar-refractivity contribution in [1.82, 2.24) is 5.32 Å². The van der Waals surface area contributed by atoms with Crippen molar-refractivity contribution in [3.8, 4) is 6.07 Å². The maximum absolute atomic E-state index is 12.8. The van der Waals surface area contributed by atoms with Crippen molar-refractivity contribution < 1.29 is 9.53 Å². The lowest BCUT2D eigenvalue weighted by Crippen LogP contribution is -2.52. The van der Waals surface area contributed by atoms with Crippen molar-refractivity contribution in [3.63, 3.8) is 0 Å². The Morgan fingerprint density at radius 3 is 2.53 bits per heavy atom. The number of hydrogen-bond acceptors (Lipinski definition) is 4. The van der Waals surface area contributed by atoms with Gasteiger partial charge < -0.3 is 15.0 Å². The first-order valence-electron chi connectivity index (χ1n) is 11.8. The van der Waals surface area contributed by atoms with Gasteiger partial charge in [0.05, 0.1) is 18.2 Å². The Bertz CT molecular complexity index is 1040. The molecule has 0 bridgehead atoms. The van der Waals surface area contributed by atoms with Crippen LogP contribution in [0.4, 0.5) is 5.69 Å². The molecule has 0 spiro atoms. The first-order chi connectivity index (χ1) is 15.4. The number of anilines is 1. The summed E-state index contributed by atoms with van der Waals surface area (Å²) in [5.41, 5.74) is 2.24. The molecule has 168 valence electrons. The van der Waals surface area contributed by atoms with Gasteiger partial charge in [0, 0.05) is 18.8 Å². The van der Waals surface area contributed by atoms with Crippen LogP contribution in [0.2, 0.25) is 0 Å². The average Bonchev–Trinajstić information content (AvgIpc) is 2.79. The number of rotatable bonds is 4. The van der Waals surface area contributed by atoms with Crippen molar-refractivity contribution in [2.24, 2.45) is 5.92 Å². The first kappa shape index (κ1) is 22.4. The average molecular weight is 432 g/mol. The fraction of sp³-hybridized carbons (Fsp3) is 0.481. The molecule has 2 aromatic rings. The molecule has 1 N–H and O–H groups in total. The molecule has 2 fully saturated rings. The molecule has 0 aliphatic carbocycles. The number of benzene rings is 2. The molecular weight excluding hydrogens is 398 g/mol. The minimum Gasteiger partial charge on any atom is -0.373 e. The van der Waals surface area contributed by atoms with E-state index in [1.54, 1.807) is 6.08 Å². The highest BCUT2D eigenvalue weighted by molar-refractivity contribution is 6.02. The maximum Gasteiger partial charge on any atom is 0.262 e. The SMILES string of the molecule is CC1CC(C)C(NC(=O)/C(C#N)=C/c2ccc3cc(N4CCCCC4)ccc3c2)C(C)O1. The second kappa shape index (κ2) is 9.75. The molecule has 4 rings (SSSR count). The monoisotopic (exact) mass is 431 g/mol. The summed E-state index contributed by atoms with van der Waals surface area (Å²) in [6.07, 6.45) is 6.51. The van der Waals surface area contributed by atoms with Crippen LogP contribution in [0, 0.1) is 17.2 Å². The predicted octanol–water partition coefficient (Wildman–Crippen LogP) is 5.06. The first-order valence-corrected chi connectivity index (χ1v) is 11.8. The minimum absolute atomic E-state index is 0.0765. The van der Waals surface area contributed by atoms with Crippen LogP contribution in [0.25, 0.3) is 16.8 Å². The zero-order chi connectivity index (χ0) is 22.7. The Morgan fingerprint density at radius 1 is 1.09 bits per heavy atom. The molecule has 0 radical (unpaired) electrons. The van der Waals surface area contributed by atoms with Crippen LogP contribution in [-0.2, 0) is 9.53 Å². The molecule has 2 aliphatic heterocycles. The topological polar surface area (TPSA) is 65.4 Å². The van der Waals surface area contributed by atoms with Gasteiger partial charge in [0.25, 0.3) is 5.91 Å². The summed E-state index contributed by atoms with van der Waals surface area (Å²) >= 11 is 0. The molecule has 2 heterocycles. The van der Waals surface area contributed by atoms with Crippen molar-refractivity contribution in [1.29, 1.82) is 5.26 Å². The van der Waals surface area contributed by atoms with Gasteiger partial charge in [0.15, 0.2) is 0 Å². The normalized spacial score (nSPS) is 26.6. The van der Waals surface area contributed by atoms with E-state index in [4.69, 9.17) is 4.74 Å². The highest BCUT2D eigenvalue weighted by Gasteiger charge is 2.33. The third-order valence-electron chi connectivity index (χ3n) is 6.81. The Hall–Kier alpha value is -2.84. The van der Waals surface area contributed by atoms with E-state index in [0.29, 0.717) is 5.92 Å². The van der Waals surface area contributed by atoms with Gasteiger partial charge >= 0.3 is 0 Å². The van der Waals surface area contributed by atoms with Gasteiger partial charge in [0.2, 0.25) is 0 Å². The summed E-state index contributed by atoms with van der Waals surface area (Å²) in [5, 5.41) is 14.9.